The summed E-state index contributed by atoms with van der Waals surface area (Å²) in [4.78, 5) is 16.0. The van der Waals surface area contributed by atoms with Crippen LogP contribution in [0, 0.1) is 5.92 Å². The van der Waals surface area contributed by atoms with Crippen molar-refractivity contribution in [1.29, 1.82) is 0 Å². The summed E-state index contributed by atoms with van der Waals surface area (Å²) >= 11 is 0. The SMILES string of the molecule is CC(C)N(CCN1CC(CS(=O)(=O)Cl)CC1=O)C(C)C. The lowest BCUT2D eigenvalue weighted by atomic mass is 10.1. The molecule has 1 aliphatic rings. The average Bonchev–Trinajstić information content (AvgIpc) is 2.55. The second kappa shape index (κ2) is 7.09. The molecule has 20 heavy (non-hydrogen) atoms. The summed E-state index contributed by atoms with van der Waals surface area (Å²) in [5.41, 5.74) is 0. The number of amides is 1. The number of hydrogen-bond acceptors (Lipinski definition) is 4. The Morgan fingerprint density at radius 3 is 2.30 bits per heavy atom. The maximum Gasteiger partial charge on any atom is 0.232 e. The average molecular weight is 325 g/mol. The molecule has 1 saturated heterocycles. The van der Waals surface area contributed by atoms with Gasteiger partial charge in [0.05, 0.1) is 5.75 Å². The van der Waals surface area contributed by atoms with Crippen LogP contribution in [-0.4, -0.2) is 61.6 Å². The van der Waals surface area contributed by atoms with E-state index < -0.39 is 9.05 Å². The molecule has 7 heteroatoms. The molecule has 0 bridgehead atoms. The Hall–Kier alpha value is -0.330. The number of likely N-dealkylation sites (tertiary alicyclic amines) is 1. The molecule has 0 radical (unpaired) electrons. The third-order valence-electron chi connectivity index (χ3n) is 3.68. The second-order valence-corrected chi connectivity index (χ2v) is 8.86. The van der Waals surface area contributed by atoms with E-state index in [4.69, 9.17) is 10.7 Å². The molecule has 1 fully saturated rings. The third-order valence-corrected chi connectivity index (χ3v) is 4.93. The molecule has 1 aliphatic heterocycles. The Bertz CT molecular complexity index is 429. The predicted molar refractivity (Wildman–Crippen MR) is 81.3 cm³/mol. The molecular formula is C13H25ClN2O3S. The van der Waals surface area contributed by atoms with Crippen LogP contribution in [0.25, 0.3) is 0 Å². The highest BCUT2D eigenvalue weighted by molar-refractivity contribution is 8.13. The number of halogens is 1. The summed E-state index contributed by atoms with van der Waals surface area (Å²) in [5.74, 6) is -0.256. The minimum Gasteiger partial charge on any atom is -0.341 e. The van der Waals surface area contributed by atoms with Gasteiger partial charge in [-0.25, -0.2) is 8.42 Å². The first-order valence-electron chi connectivity index (χ1n) is 7.06. The lowest BCUT2D eigenvalue weighted by Gasteiger charge is -2.32. The summed E-state index contributed by atoms with van der Waals surface area (Å²) in [7, 11) is 1.72. The predicted octanol–water partition coefficient (Wildman–Crippen LogP) is 1.52. The number of carbonyl (C=O) groups excluding carboxylic acids is 1. The van der Waals surface area contributed by atoms with Crippen LogP contribution in [0.5, 0.6) is 0 Å². The first-order valence-corrected chi connectivity index (χ1v) is 9.54. The van der Waals surface area contributed by atoms with Gasteiger partial charge in [0, 0.05) is 54.7 Å². The summed E-state index contributed by atoms with van der Waals surface area (Å²) in [6.07, 6.45) is 0.287. The van der Waals surface area contributed by atoms with E-state index in [0.29, 0.717) is 25.2 Å². The quantitative estimate of drug-likeness (QED) is 0.666. The Labute approximate surface area is 126 Å². The topological polar surface area (TPSA) is 57.7 Å². The van der Waals surface area contributed by atoms with Gasteiger partial charge in [-0.15, -0.1) is 0 Å². The Morgan fingerprint density at radius 2 is 1.85 bits per heavy atom. The molecule has 0 aromatic rings. The lowest BCUT2D eigenvalue weighted by Crippen LogP contribution is -2.43. The number of rotatable bonds is 7. The molecule has 0 N–H and O–H groups in total. The molecule has 0 spiro atoms. The van der Waals surface area contributed by atoms with E-state index in [9.17, 15) is 13.2 Å². The molecule has 1 unspecified atom stereocenters. The highest BCUT2D eigenvalue weighted by Crippen LogP contribution is 2.21. The molecule has 1 heterocycles. The van der Waals surface area contributed by atoms with Crippen molar-refractivity contribution in [3.63, 3.8) is 0 Å². The van der Waals surface area contributed by atoms with Crippen LogP contribution < -0.4 is 0 Å². The summed E-state index contributed by atoms with van der Waals surface area (Å²) in [5, 5.41) is 0. The normalized spacial score (nSPS) is 20.7. The number of nitrogens with zero attached hydrogens (tertiary/aromatic N) is 2. The van der Waals surface area contributed by atoms with E-state index >= 15 is 0 Å². The molecule has 0 aliphatic carbocycles. The highest BCUT2D eigenvalue weighted by atomic mass is 35.7. The second-order valence-electron chi connectivity index (χ2n) is 6.04. The van der Waals surface area contributed by atoms with E-state index in [0.717, 1.165) is 6.54 Å². The zero-order chi connectivity index (χ0) is 15.5. The van der Waals surface area contributed by atoms with Crippen molar-refractivity contribution in [3.8, 4) is 0 Å². The fourth-order valence-corrected chi connectivity index (χ4v) is 4.13. The molecule has 1 amide bonds. The Kier molecular flexibility index (Phi) is 6.28. The van der Waals surface area contributed by atoms with Gasteiger partial charge in [-0.05, 0) is 27.7 Å². The fourth-order valence-electron chi connectivity index (χ4n) is 2.81. The molecule has 1 atom stereocenters. The van der Waals surface area contributed by atoms with Gasteiger partial charge in [-0.3, -0.25) is 9.69 Å². The summed E-state index contributed by atoms with van der Waals surface area (Å²) < 4.78 is 22.1. The van der Waals surface area contributed by atoms with Gasteiger partial charge < -0.3 is 4.90 Å². The Morgan fingerprint density at radius 1 is 1.30 bits per heavy atom. The van der Waals surface area contributed by atoms with Gasteiger partial charge >= 0.3 is 0 Å². The maximum absolute atomic E-state index is 11.9. The Balaban J connectivity index is 2.51. The number of carbonyl (C=O) groups is 1. The molecule has 5 nitrogen and oxygen atoms in total. The van der Waals surface area contributed by atoms with Crippen LogP contribution in [-0.2, 0) is 13.8 Å². The van der Waals surface area contributed by atoms with Gasteiger partial charge in [-0.2, -0.15) is 0 Å². The molecule has 118 valence electrons. The molecule has 1 rings (SSSR count). The zero-order valence-electron chi connectivity index (χ0n) is 12.7. The highest BCUT2D eigenvalue weighted by Gasteiger charge is 2.32. The molecule has 0 aromatic heterocycles. The van der Waals surface area contributed by atoms with Crippen LogP contribution in [0.3, 0.4) is 0 Å². The fraction of sp³-hybridized carbons (Fsp3) is 0.923. The van der Waals surface area contributed by atoms with Crippen molar-refractivity contribution in [2.24, 2.45) is 5.92 Å². The van der Waals surface area contributed by atoms with Crippen molar-refractivity contribution >= 4 is 25.6 Å². The lowest BCUT2D eigenvalue weighted by molar-refractivity contribution is -0.128. The summed E-state index contributed by atoms with van der Waals surface area (Å²) in [6.45, 7) is 10.5. The van der Waals surface area contributed by atoms with Crippen molar-refractivity contribution in [2.75, 3.05) is 25.4 Å². The van der Waals surface area contributed by atoms with E-state index in [-0.39, 0.29) is 24.0 Å². The number of hydrogen-bond donors (Lipinski definition) is 0. The van der Waals surface area contributed by atoms with Gasteiger partial charge in [0.25, 0.3) is 0 Å². The van der Waals surface area contributed by atoms with Crippen LogP contribution in [0.15, 0.2) is 0 Å². The van der Waals surface area contributed by atoms with Crippen molar-refractivity contribution in [1.82, 2.24) is 9.80 Å². The van der Waals surface area contributed by atoms with E-state index in [2.05, 4.69) is 32.6 Å². The standard InChI is InChI=1S/C13H25ClN2O3S/c1-10(2)16(11(3)4)6-5-15-8-12(7-13(15)17)9-20(14,18)19/h10-12H,5-9H2,1-4H3. The van der Waals surface area contributed by atoms with Crippen molar-refractivity contribution in [2.45, 2.75) is 46.2 Å². The minimum absolute atomic E-state index is 0.0304. The molecular weight excluding hydrogens is 300 g/mol. The van der Waals surface area contributed by atoms with Gasteiger partial charge in [-0.1, -0.05) is 0 Å². The maximum atomic E-state index is 11.9. The monoisotopic (exact) mass is 324 g/mol. The van der Waals surface area contributed by atoms with Gasteiger partial charge in [0.1, 0.15) is 0 Å². The zero-order valence-corrected chi connectivity index (χ0v) is 14.2. The third kappa shape index (κ3) is 5.58. The van der Waals surface area contributed by atoms with E-state index in [1.54, 1.807) is 4.90 Å². The van der Waals surface area contributed by atoms with Crippen molar-refractivity contribution < 1.29 is 13.2 Å². The minimum atomic E-state index is -3.53. The summed E-state index contributed by atoms with van der Waals surface area (Å²) in [6, 6.07) is 0.846. The first kappa shape index (κ1) is 17.7. The smallest absolute Gasteiger partial charge is 0.232 e. The van der Waals surface area contributed by atoms with Crippen molar-refractivity contribution in [3.05, 3.63) is 0 Å². The molecule has 0 saturated carbocycles. The molecule has 0 aromatic carbocycles. The van der Waals surface area contributed by atoms with Crippen LogP contribution >= 0.6 is 10.7 Å². The largest absolute Gasteiger partial charge is 0.341 e. The van der Waals surface area contributed by atoms with Gasteiger partial charge in [0.2, 0.25) is 15.0 Å². The van der Waals surface area contributed by atoms with E-state index in [1.807, 2.05) is 0 Å². The first-order chi connectivity index (χ1) is 9.10. The van der Waals surface area contributed by atoms with E-state index in [1.165, 1.54) is 0 Å². The van der Waals surface area contributed by atoms with Crippen LogP contribution in [0.4, 0.5) is 0 Å². The van der Waals surface area contributed by atoms with Crippen LogP contribution in [0.1, 0.15) is 34.1 Å². The van der Waals surface area contributed by atoms with Crippen LogP contribution in [0.2, 0.25) is 0 Å². The van der Waals surface area contributed by atoms with Gasteiger partial charge in [0.15, 0.2) is 0 Å².